The fourth-order valence-corrected chi connectivity index (χ4v) is 1.88. The van der Waals surface area contributed by atoms with E-state index < -0.39 is 18.0 Å². The minimum Gasteiger partial charge on any atom is -0.480 e. The Morgan fingerprint density at radius 2 is 2.10 bits per heavy atom. The van der Waals surface area contributed by atoms with Gasteiger partial charge < -0.3 is 25.2 Å². The first kappa shape index (κ1) is 16.7. The molecule has 1 aliphatic rings. The standard InChI is InChI=1S/C12H23N3O5/c1-19-9-10(11(16)17)14-12(18)13-3-2-4-15-5-7-20-8-6-15/h10H,2-9H2,1H3,(H,16,17)(H2,13,14,18). The molecule has 0 aromatic carbocycles. The molecule has 1 fully saturated rings. The Labute approximate surface area is 118 Å². The van der Waals surface area contributed by atoms with Crippen LogP contribution in [0.15, 0.2) is 0 Å². The molecule has 1 atom stereocenters. The molecule has 8 heteroatoms. The number of amides is 2. The largest absolute Gasteiger partial charge is 0.480 e. The van der Waals surface area contributed by atoms with Crippen LogP contribution in [0.3, 0.4) is 0 Å². The van der Waals surface area contributed by atoms with Crippen LogP contribution in [-0.4, -0.2) is 81.2 Å². The van der Waals surface area contributed by atoms with E-state index in [1.54, 1.807) is 0 Å². The molecular weight excluding hydrogens is 266 g/mol. The summed E-state index contributed by atoms with van der Waals surface area (Å²) in [5.74, 6) is -1.12. The van der Waals surface area contributed by atoms with Gasteiger partial charge in [-0.1, -0.05) is 0 Å². The molecule has 116 valence electrons. The van der Waals surface area contributed by atoms with Gasteiger partial charge in [-0.05, 0) is 13.0 Å². The lowest BCUT2D eigenvalue weighted by Crippen LogP contribution is -2.48. The first-order valence-corrected chi connectivity index (χ1v) is 6.69. The van der Waals surface area contributed by atoms with Gasteiger partial charge >= 0.3 is 12.0 Å². The van der Waals surface area contributed by atoms with E-state index in [1.165, 1.54) is 7.11 Å². The summed E-state index contributed by atoms with van der Waals surface area (Å²) < 4.78 is 9.97. The van der Waals surface area contributed by atoms with E-state index in [0.29, 0.717) is 6.54 Å². The number of aliphatic carboxylic acids is 1. The van der Waals surface area contributed by atoms with Crippen molar-refractivity contribution in [2.75, 3.05) is 53.1 Å². The zero-order valence-corrected chi connectivity index (χ0v) is 11.8. The Hall–Kier alpha value is -1.38. The lowest BCUT2D eigenvalue weighted by atomic mass is 10.3. The predicted octanol–water partition coefficient (Wildman–Crippen LogP) is -0.892. The minimum atomic E-state index is -1.12. The number of carboxylic acids is 1. The van der Waals surface area contributed by atoms with Gasteiger partial charge in [-0.15, -0.1) is 0 Å². The quantitative estimate of drug-likeness (QED) is 0.501. The third kappa shape index (κ3) is 6.69. The van der Waals surface area contributed by atoms with Gasteiger partial charge in [0.1, 0.15) is 0 Å². The van der Waals surface area contributed by atoms with Crippen LogP contribution in [-0.2, 0) is 14.3 Å². The molecule has 0 spiro atoms. The van der Waals surface area contributed by atoms with E-state index in [-0.39, 0.29) is 6.61 Å². The second-order valence-electron chi connectivity index (χ2n) is 4.55. The number of hydrogen-bond acceptors (Lipinski definition) is 5. The predicted molar refractivity (Wildman–Crippen MR) is 71.7 cm³/mol. The van der Waals surface area contributed by atoms with Gasteiger partial charge in [0, 0.05) is 26.7 Å². The number of rotatable bonds is 8. The van der Waals surface area contributed by atoms with Crippen LogP contribution in [0, 0.1) is 0 Å². The number of nitrogens with zero attached hydrogens (tertiary/aromatic N) is 1. The van der Waals surface area contributed by atoms with Gasteiger partial charge in [0.2, 0.25) is 0 Å². The van der Waals surface area contributed by atoms with Crippen molar-refractivity contribution in [2.24, 2.45) is 0 Å². The van der Waals surface area contributed by atoms with Crippen molar-refractivity contribution in [3.05, 3.63) is 0 Å². The van der Waals surface area contributed by atoms with Gasteiger partial charge in [-0.2, -0.15) is 0 Å². The van der Waals surface area contributed by atoms with Crippen LogP contribution in [0.1, 0.15) is 6.42 Å². The molecule has 0 bridgehead atoms. The molecule has 1 heterocycles. The molecule has 8 nitrogen and oxygen atoms in total. The van der Waals surface area contributed by atoms with Crippen molar-refractivity contribution >= 4 is 12.0 Å². The van der Waals surface area contributed by atoms with Gasteiger partial charge in [0.05, 0.1) is 19.8 Å². The maximum Gasteiger partial charge on any atom is 0.328 e. The molecule has 1 saturated heterocycles. The molecule has 0 aromatic heterocycles. The maximum atomic E-state index is 11.5. The summed E-state index contributed by atoms with van der Waals surface area (Å²) in [5, 5.41) is 13.8. The average Bonchev–Trinajstić information content (AvgIpc) is 2.44. The van der Waals surface area contributed by atoms with Gasteiger partial charge in [0.15, 0.2) is 6.04 Å². The molecule has 1 rings (SSSR count). The fourth-order valence-electron chi connectivity index (χ4n) is 1.88. The Kier molecular flexibility index (Phi) is 7.93. The number of ether oxygens (including phenoxy) is 2. The summed E-state index contributed by atoms with van der Waals surface area (Å²) >= 11 is 0. The molecule has 1 unspecified atom stereocenters. The van der Waals surface area contributed by atoms with Crippen LogP contribution in [0.4, 0.5) is 4.79 Å². The van der Waals surface area contributed by atoms with E-state index >= 15 is 0 Å². The second-order valence-corrected chi connectivity index (χ2v) is 4.55. The highest BCUT2D eigenvalue weighted by Gasteiger charge is 2.19. The number of urea groups is 1. The zero-order valence-electron chi connectivity index (χ0n) is 11.8. The molecular formula is C12H23N3O5. The summed E-state index contributed by atoms with van der Waals surface area (Å²) in [6, 6.07) is -1.52. The highest BCUT2D eigenvalue weighted by molar-refractivity contribution is 5.82. The highest BCUT2D eigenvalue weighted by atomic mass is 16.5. The number of carbonyl (C=O) groups is 2. The Morgan fingerprint density at radius 3 is 2.70 bits per heavy atom. The normalized spacial score (nSPS) is 17.4. The lowest BCUT2D eigenvalue weighted by Gasteiger charge is -2.26. The summed E-state index contributed by atoms with van der Waals surface area (Å²) in [4.78, 5) is 24.6. The van der Waals surface area contributed by atoms with E-state index in [0.717, 1.165) is 39.3 Å². The molecule has 2 amide bonds. The van der Waals surface area contributed by atoms with Crippen LogP contribution in [0.2, 0.25) is 0 Å². The van der Waals surface area contributed by atoms with Crippen molar-refractivity contribution in [1.82, 2.24) is 15.5 Å². The first-order valence-electron chi connectivity index (χ1n) is 6.69. The SMILES string of the molecule is COCC(NC(=O)NCCCN1CCOCC1)C(=O)O. The van der Waals surface area contributed by atoms with Crippen LogP contribution < -0.4 is 10.6 Å². The van der Waals surface area contributed by atoms with Gasteiger partial charge in [-0.25, -0.2) is 9.59 Å². The number of nitrogens with one attached hydrogen (secondary N) is 2. The molecule has 20 heavy (non-hydrogen) atoms. The van der Waals surface area contributed by atoms with Crippen LogP contribution >= 0.6 is 0 Å². The fraction of sp³-hybridized carbons (Fsp3) is 0.833. The topological polar surface area (TPSA) is 100 Å². The number of methoxy groups -OCH3 is 1. The third-order valence-electron chi connectivity index (χ3n) is 2.98. The van der Waals surface area contributed by atoms with Crippen LogP contribution in [0.25, 0.3) is 0 Å². The number of hydrogen-bond donors (Lipinski definition) is 3. The Morgan fingerprint density at radius 1 is 1.40 bits per heavy atom. The summed E-state index contributed by atoms with van der Waals surface area (Å²) in [6.45, 7) is 4.68. The van der Waals surface area contributed by atoms with Crippen molar-refractivity contribution < 1.29 is 24.2 Å². The molecule has 1 aliphatic heterocycles. The molecule has 0 aliphatic carbocycles. The van der Waals surface area contributed by atoms with Crippen molar-refractivity contribution in [1.29, 1.82) is 0 Å². The van der Waals surface area contributed by atoms with Gasteiger partial charge in [-0.3, -0.25) is 4.90 Å². The Bertz CT molecular complexity index is 307. The molecule has 0 aromatic rings. The monoisotopic (exact) mass is 289 g/mol. The second kappa shape index (κ2) is 9.51. The van der Waals surface area contributed by atoms with E-state index in [1.807, 2.05) is 0 Å². The maximum absolute atomic E-state index is 11.5. The first-order chi connectivity index (χ1) is 9.63. The van der Waals surface area contributed by atoms with E-state index in [9.17, 15) is 9.59 Å². The minimum absolute atomic E-state index is 0.0590. The van der Waals surface area contributed by atoms with E-state index in [2.05, 4.69) is 15.5 Å². The van der Waals surface area contributed by atoms with E-state index in [4.69, 9.17) is 14.6 Å². The van der Waals surface area contributed by atoms with Crippen LogP contribution in [0.5, 0.6) is 0 Å². The Balaban J connectivity index is 2.10. The highest BCUT2D eigenvalue weighted by Crippen LogP contribution is 1.97. The van der Waals surface area contributed by atoms with Crippen molar-refractivity contribution in [3.63, 3.8) is 0 Å². The zero-order chi connectivity index (χ0) is 14.8. The molecule has 0 radical (unpaired) electrons. The molecule has 0 saturated carbocycles. The van der Waals surface area contributed by atoms with Crippen molar-refractivity contribution in [2.45, 2.75) is 12.5 Å². The summed E-state index contributed by atoms with van der Waals surface area (Å²) in [7, 11) is 1.39. The smallest absolute Gasteiger partial charge is 0.328 e. The summed E-state index contributed by atoms with van der Waals surface area (Å²) in [6.07, 6.45) is 0.815. The van der Waals surface area contributed by atoms with Gasteiger partial charge in [0.25, 0.3) is 0 Å². The number of morpholine rings is 1. The van der Waals surface area contributed by atoms with Crippen molar-refractivity contribution in [3.8, 4) is 0 Å². The average molecular weight is 289 g/mol. The number of carbonyl (C=O) groups excluding carboxylic acids is 1. The lowest BCUT2D eigenvalue weighted by molar-refractivity contribution is -0.140. The summed E-state index contributed by atoms with van der Waals surface area (Å²) in [5.41, 5.74) is 0. The number of carboxylic acid groups (broad SMARTS) is 1. The third-order valence-corrected chi connectivity index (χ3v) is 2.98. The molecule has 3 N–H and O–H groups in total.